The molecule has 1 unspecified atom stereocenters. The van der Waals surface area contributed by atoms with Gasteiger partial charge in [0.25, 0.3) is 0 Å². The first kappa shape index (κ1) is 15.3. The largest absolute Gasteiger partial charge is 0.330 e. The molecule has 0 amide bonds. The average Bonchev–Trinajstić information content (AvgIpc) is 2.30. The van der Waals surface area contributed by atoms with Crippen molar-refractivity contribution in [2.24, 2.45) is 17.4 Å². The summed E-state index contributed by atoms with van der Waals surface area (Å²) >= 11 is 0. The van der Waals surface area contributed by atoms with Crippen LogP contribution in [0.3, 0.4) is 0 Å². The zero-order valence-corrected chi connectivity index (χ0v) is 9.91. The monoisotopic (exact) mass is 227 g/mol. The quantitative estimate of drug-likeness (QED) is 0.406. The van der Waals surface area contributed by atoms with Gasteiger partial charge in [-0.2, -0.15) is 0 Å². The van der Waals surface area contributed by atoms with Crippen LogP contribution in [0.1, 0.15) is 44.9 Å². The van der Waals surface area contributed by atoms with Crippen molar-refractivity contribution in [2.45, 2.75) is 44.9 Å². The van der Waals surface area contributed by atoms with Gasteiger partial charge in [-0.1, -0.05) is 12.8 Å². The molecule has 4 nitrogen and oxygen atoms in total. The van der Waals surface area contributed by atoms with Crippen molar-refractivity contribution >= 4 is 12.1 Å². The predicted octanol–water partition coefficient (Wildman–Crippen LogP) is 0.930. The van der Waals surface area contributed by atoms with Gasteiger partial charge in [-0.05, 0) is 38.8 Å². The summed E-state index contributed by atoms with van der Waals surface area (Å²) in [6.45, 7) is 1.27. The minimum Gasteiger partial charge on any atom is -0.330 e. The van der Waals surface area contributed by atoms with E-state index in [4.69, 9.17) is 11.5 Å². The van der Waals surface area contributed by atoms with E-state index < -0.39 is 5.92 Å². The maximum Gasteiger partial charge on any atom is 0.209 e. The fourth-order valence-electron chi connectivity index (χ4n) is 1.57. The third kappa shape index (κ3) is 7.54. The Labute approximate surface area is 97.8 Å². The van der Waals surface area contributed by atoms with Gasteiger partial charge in [0.05, 0.1) is 5.92 Å². The molecule has 1 atom stereocenters. The molecule has 0 rings (SSSR count). The first-order valence-corrected chi connectivity index (χ1v) is 6.06. The lowest BCUT2D eigenvalue weighted by Crippen LogP contribution is -2.16. The molecule has 0 aliphatic heterocycles. The van der Waals surface area contributed by atoms with E-state index in [2.05, 4.69) is 0 Å². The number of carbonyl (C=O) groups is 1. The summed E-state index contributed by atoms with van der Waals surface area (Å²) in [5.41, 5.74) is 10.7. The lowest BCUT2D eigenvalue weighted by molar-refractivity contribution is -0.121. The Hall–Kier alpha value is -0.740. The molecule has 0 aliphatic carbocycles. The van der Waals surface area contributed by atoms with Crippen LogP contribution in [-0.4, -0.2) is 25.2 Å². The first-order valence-electron chi connectivity index (χ1n) is 6.06. The third-order valence-corrected chi connectivity index (χ3v) is 2.61. The van der Waals surface area contributed by atoms with Gasteiger partial charge in [0.1, 0.15) is 5.78 Å². The fraction of sp³-hybridized carbons (Fsp3) is 0.833. The molecular formula is C12H23N2O2. The van der Waals surface area contributed by atoms with Crippen molar-refractivity contribution < 1.29 is 9.59 Å². The second-order valence-corrected chi connectivity index (χ2v) is 4.02. The van der Waals surface area contributed by atoms with Crippen LogP contribution in [0.5, 0.6) is 0 Å². The van der Waals surface area contributed by atoms with Crippen LogP contribution in [0.15, 0.2) is 0 Å². The van der Waals surface area contributed by atoms with Crippen LogP contribution in [0, 0.1) is 5.92 Å². The Bertz CT molecular complexity index is 195. The highest BCUT2D eigenvalue weighted by Crippen LogP contribution is 2.11. The van der Waals surface area contributed by atoms with E-state index in [1.165, 1.54) is 0 Å². The second-order valence-electron chi connectivity index (χ2n) is 4.02. The highest BCUT2D eigenvalue weighted by Gasteiger charge is 2.17. The molecule has 0 fully saturated rings. The highest BCUT2D eigenvalue weighted by molar-refractivity contribution is 5.93. The van der Waals surface area contributed by atoms with E-state index in [-0.39, 0.29) is 5.78 Å². The van der Waals surface area contributed by atoms with E-state index in [0.29, 0.717) is 25.9 Å². The lowest BCUT2D eigenvalue weighted by atomic mass is 9.95. The van der Waals surface area contributed by atoms with Crippen LogP contribution in [-0.2, 0) is 9.59 Å². The van der Waals surface area contributed by atoms with E-state index >= 15 is 0 Å². The molecule has 4 heteroatoms. The number of rotatable bonds is 11. The highest BCUT2D eigenvalue weighted by atomic mass is 16.1. The van der Waals surface area contributed by atoms with Gasteiger partial charge in [-0.25, -0.2) is 0 Å². The Morgan fingerprint density at radius 3 is 2.19 bits per heavy atom. The molecule has 16 heavy (non-hydrogen) atoms. The average molecular weight is 227 g/mol. The number of ketones is 1. The van der Waals surface area contributed by atoms with Crippen LogP contribution in [0.4, 0.5) is 0 Å². The zero-order chi connectivity index (χ0) is 12.2. The van der Waals surface area contributed by atoms with E-state index in [1.807, 2.05) is 6.29 Å². The van der Waals surface area contributed by atoms with Gasteiger partial charge in [0.15, 0.2) is 0 Å². The molecule has 0 aromatic rings. The molecule has 0 saturated carbocycles. The van der Waals surface area contributed by atoms with Crippen LogP contribution < -0.4 is 11.5 Å². The van der Waals surface area contributed by atoms with Gasteiger partial charge in [-0.15, -0.1) is 0 Å². The molecule has 0 spiro atoms. The number of nitrogens with two attached hydrogens (primary N) is 2. The fourth-order valence-corrected chi connectivity index (χ4v) is 1.57. The first-order chi connectivity index (χ1) is 7.76. The van der Waals surface area contributed by atoms with Crippen LogP contribution in [0.2, 0.25) is 0 Å². The molecule has 0 heterocycles. The molecule has 0 aliphatic rings. The maximum atomic E-state index is 11.6. The summed E-state index contributed by atoms with van der Waals surface area (Å²) in [6.07, 6.45) is 7.31. The van der Waals surface area contributed by atoms with Crippen molar-refractivity contribution in [3.8, 4) is 0 Å². The van der Waals surface area contributed by atoms with Crippen molar-refractivity contribution in [1.82, 2.24) is 0 Å². The van der Waals surface area contributed by atoms with E-state index in [1.54, 1.807) is 0 Å². The summed E-state index contributed by atoms with van der Waals surface area (Å²) in [5, 5.41) is 0. The molecule has 1 radical (unpaired) electrons. The van der Waals surface area contributed by atoms with Gasteiger partial charge in [0, 0.05) is 6.42 Å². The Morgan fingerprint density at radius 1 is 1.00 bits per heavy atom. The molecular weight excluding hydrogens is 204 g/mol. The van der Waals surface area contributed by atoms with Crippen molar-refractivity contribution in [2.75, 3.05) is 13.1 Å². The summed E-state index contributed by atoms with van der Waals surface area (Å²) in [7, 11) is 0. The Morgan fingerprint density at radius 2 is 1.62 bits per heavy atom. The summed E-state index contributed by atoms with van der Waals surface area (Å²) in [4.78, 5) is 22.2. The second kappa shape index (κ2) is 10.8. The number of unbranched alkanes of at least 4 members (excludes halogenated alkanes) is 3. The van der Waals surface area contributed by atoms with Crippen molar-refractivity contribution in [3.05, 3.63) is 0 Å². The van der Waals surface area contributed by atoms with Gasteiger partial charge in [0.2, 0.25) is 6.29 Å². The third-order valence-electron chi connectivity index (χ3n) is 2.61. The zero-order valence-electron chi connectivity index (χ0n) is 9.91. The number of hydrogen-bond donors (Lipinski definition) is 2. The minimum absolute atomic E-state index is 0.0176. The molecule has 0 aromatic heterocycles. The molecule has 0 saturated heterocycles. The molecule has 4 N–H and O–H groups in total. The Balaban J connectivity index is 3.69. The van der Waals surface area contributed by atoms with Crippen LogP contribution in [0.25, 0.3) is 0 Å². The van der Waals surface area contributed by atoms with Gasteiger partial charge < -0.3 is 11.5 Å². The summed E-state index contributed by atoms with van der Waals surface area (Å²) < 4.78 is 0. The molecule has 0 aromatic carbocycles. The van der Waals surface area contributed by atoms with Crippen LogP contribution >= 0.6 is 0 Å². The van der Waals surface area contributed by atoms with Crippen molar-refractivity contribution in [1.29, 1.82) is 0 Å². The van der Waals surface area contributed by atoms with Gasteiger partial charge in [-0.3, -0.25) is 9.59 Å². The molecule has 93 valence electrons. The smallest absolute Gasteiger partial charge is 0.209 e. The van der Waals surface area contributed by atoms with E-state index in [9.17, 15) is 9.59 Å². The maximum absolute atomic E-state index is 11.6. The minimum atomic E-state index is -0.538. The Kier molecular flexibility index (Phi) is 10.3. The number of carbonyl (C=O) groups excluding carboxylic acids is 2. The normalized spacial score (nSPS) is 12.4. The SMILES string of the molecule is NCCCCCC(=O)C([C]=O)CCCCN. The summed E-state index contributed by atoms with van der Waals surface area (Å²) in [5.74, 6) is -0.520. The topological polar surface area (TPSA) is 86.2 Å². The lowest BCUT2D eigenvalue weighted by Gasteiger charge is -2.07. The predicted molar refractivity (Wildman–Crippen MR) is 64.6 cm³/mol. The molecule has 0 bridgehead atoms. The number of hydrogen-bond acceptors (Lipinski definition) is 4. The van der Waals surface area contributed by atoms with E-state index in [0.717, 1.165) is 32.1 Å². The standard InChI is InChI=1S/C12H23N2O2/c13-8-4-1-2-7-12(16)11(10-15)6-3-5-9-14/h11H,1-9,13-14H2. The van der Waals surface area contributed by atoms with Crippen molar-refractivity contribution in [3.63, 3.8) is 0 Å². The number of Topliss-reactive ketones (excluding diaryl/α,β-unsaturated/α-hetero) is 1. The summed E-state index contributed by atoms with van der Waals surface area (Å²) in [6, 6.07) is 0. The van der Waals surface area contributed by atoms with Gasteiger partial charge >= 0.3 is 0 Å².